The molecule has 0 unspecified atom stereocenters. The van der Waals surface area contributed by atoms with E-state index in [-0.39, 0.29) is 12.2 Å². The topological polar surface area (TPSA) is 21.3 Å². The summed E-state index contributed by atoms with van der Waals surface area (Å²) < 4.78 is 31.8. The smallest absolute Gasteiger partial charge is 0.263 e. The highest BCUT2D eigenvalue weighted by molar-refractivity contribution is 7.80. The van der Waals surface area contributed by atoms with Crippen molar-refractivity contribution in [2.24, 2.45) is 0 Å². The summed E-state index contributed by atoms with van der Waals surface area (Å²) in [5.41, 5.74) is 3.53. The van der Waals surface area contributed by atoms with Crippen LogP contribution in [0.2, 0.25) is 0 Å². The molecule has 1 N–H and O–H groups in total. The van der Waals surface area contributed by atoms with Gasteiger partial charge in [0.1, 0.15) is 12.4 Å². The van der Waals surface area contributed by atoms with Gasteiger partial charge in [-0.15, -0.1) is 0 Å². The average molecular weight is 349 g/mol. The molecule has 5 heteroatoms. The molecular weight excluding hydrogens is 328 g/mol. The molecule has 24 heavy (non-hydrogen) atoms. The van der Waals surface area contributed by atoms with Gasteiger partial charge in [0.2, 0.25) is 0 Å². The number of ether oxygens (including phenoxy) is 1. The summed E-state index contributed by atoms with van der Waals surface area (Å²) in [6, 6.07) is 10.5. The highest BCUT2D eigenvalue weighted by atomic mass is 32.1. The summed E-state index contributed by atoms with van der Waals surface area (Å²) in [6.45, 7) is 6.20. The second-order valence-corrected chi connectivity index (χ2v) is 6.17. The molecule has 2 rings (SSSR count). The molecule has 0 amide bonds. The van der Waals surface area contributed by atoms with Crippen LogP contribution in [0.3, 0.4) is 0 Å². The first-order chi connectivity index (χ1) is 11.4. The van der Waals surface area contributed by atoms with E-state index in [1.54, 1.807) is 6.07 Å². The number of thiocarbonyl (C=S) groups is 1. The van der Waals surface area contributed by atoms with Crippen molar-refractivity contribution in [3.8, 4) is 5.75 Å². The normalized spacial score (nSPS) is 10.8. The second-order valence-electron chi connectivity index (χ2n) is 5.68. The lowest BCUT2D eigenvalue weighted by atomic mass is 10.1. The highest BCUT2D eigenvalue weighted by Crippen LogP contribution is 2.27. The maximum Gasteiger partial charge on any atom is 0.263 e. The molecule has 128 valence electrons. The van der Waals surface area contributed by atoms with E-state index in [1.165, 1.54) is 12.1 Å². The van der Waals surface area contributed by atoms with E-state index >= 15 is 0 Å². The molecule has 0 spiro atoms. The van der Waals surface area contributed by atoms with Crippen molar-refractivity contribution >= 4 is 22.9 Å². The van der Waals surface area contributed by atoms with Crippen LogP contribution in [0.15, 0.2) is 36.4 Å². The van der Waals surface area contributed by atoms with Crippen LogP contribution in [-0.4, -0.2) is 4.99 Å². The molecule has 0 bridgehead atoms. The van der Waals surface area contributed by atoms with Crippen LogP contribution < -0.4 is 10.1 Å². The average Bonchev–Trinajstić information content (AvgIpc) is 2.54. The van der Waals surface area contributed by atoms with Crippen molar-refractivity contribution in [2.75, 3.05) is 5.32 Å². The zero-order valence-electron chi connectivity index (χ0n) is 14.0. The third kappa shape index (κ3) is 4.74. The van der Waals surface area contributed by atoms with Crippen molar-refractivity contribution in [1.29, 1.82) is 0 Å². The van der Waals surface area contributed by atoms with Crippen molar-refractivity contribution in [1.82, 2.24) is 0 Å². The van der Waals surface area contributed by atoms with Gasteiger partial charge in [-0.2, -0.15) is 0 Å². The van der Waals surface area contributed by atoms with Crippen LogP contribution in [0.25, 0.3) is 0 Å². The van der Waals surface area contributed by atoms with Gasteiger partial charge in [0.05, 0.1) is 4.99 Å². The Balaban J connectivity index is 2.22. The van der Waals surface area contributed by atoms with E-state index in [9.17, 15) is 8.78 Å². The molecule has 2 aromatic carbocycles. The Morgan fingerprint density at radius 2 is 1.92 bits per heavy atom. The van der Waals surface area contributed by atoms with Gasteiger partial charge in [-0.25, -0.2) is 8.78 Å². The molecule has 0 aliphatic rings. The maximum absolute atomic E-state index is 12.9. The second kappa shape index (κ2) is 8.20. The minimum absolute atomic E-state index is 0.0355. The monoisotopic (exact) mass is 349 g/mol. The summed E-state index contributed by atoms with van der Waals surface area (Å²) in [4.78, 5) is 0.606. The predicted molar refractivity (Wildman–Crippen MR) is 98.2 cm³/mol. The molecule has 2 nitrogen and oxygen atoms in total. The summed E-state index contributed by atoms with van der Waals surface area (Å²) in [5.74, 6) is 0.780. The van der Waals surface area contributed by atoms with Gasteiger partial charge < -0.3 is 10.1 Å². The number of aryl methyl sites for hydroxylation is 2. The SMILES string of the molecule is CCC(=S)Nc1cc(C(F)F)ccc1COc1ccc(C)cc1C. The Morgan fingerprint density at radius 1 is 1.17 bits per heavy atom. The van der Waals surface area contributed by atoms with Crippen molar-refractivity contribution in [3.05, 3.63) is 58.7 Å². The lowest BCUT2D eigenvalue weighted by Gasteiger charge is -2.16. The van der Waals surface area contributed by atoms with E-state index < -0.39 is 6.43 Å². The minimum Gasteiger partial charge on any atom is -0.489 e. The number of anilines is 1. The first kappa shape index (κ1) is 18.3. The molecule has 0 heterocycles. The molecule has 2 aromatic rings. The number of hydrogen-bond acceptors (Lipinski definition) is 2. The maximum atomic E-state index is 12.9. The molecule has 0 fully saturated rings. The summed E-state index contributed by atoms with van der Waals surface area (Å²) in [6.07, 6.45) is -1.87. The Bertz CT molecular complexity index is 731. The number of rotatable bonds is 6. The number of halogens is 2. The van der Waals surface area contributed by atoms with Gasteiger partial charge in [-0.3, -0.25) is 0 Å². The number of alkyl halides is 2. The van der Waals surface area contributed by atoms with E-state index in [0.717, 1.165) is 22.4 Å². The van der Waals surface area contributed by atoms with E-state index in [2.05, 4.69) is 5.32 Å². The Labute approximate surface area is 146 Å². The van der Waals surface area contributed by atoms with Crippen molar-refractivity contribution < 1.29 is 13.5 Å². The molecule has 0 aliphatic heterocycles. The van der Waals surface area contributed by atoms with Gasteiger partial charge in [0, 0.05) is 16.8 Å². The van der Waals surface area contributed by atoms with Gasteiger partial charge in [-0.1, -0.05) is 49.0 Å². The van der Waals surface area contributed by atoms with Gasteiger partial charge in [0.15, 0.2) is 0 Å². The fourth-order valence-corrected chi connectivity index (χ4v) is 2.44. The van der Waals surface area contributed by atoms with Crippen LogP contribution in [0.1, 0.15) is 42.0 Å². The number of hydrogen-bond donors (Lipinski definition) is 1. The quantitative estimate of drug-likeness (QED) is 0.649. The first-order valence-corrected chi connectivity index (χ1v) is 8.22. The Hall–Kier alpha value is -2.01. The first-order valence-electron chi connectivity index (χ1n) is 7.81. The van der Waals surface area contributed by atoms with Gasteiger partial charge in [-0.05, 0) is 38.0 Å². The van der Waals surface area contributed by atoms with Gasteiger partial charge in [0.25, 0.3) is 6.43 Å². The van der Waals surface area contributed by atoms with Crippen LogP contribution >= 0.6 is 12.2 Å². The third-order valence-corrected chi connectivity index (χ3v) is 4.09. The van der Waals surface area contributed by atoms with Crippen LogP contribution in [0.5, 0.6) is 5.75 Å². The predicted octanol–water partition coefficient (Wildman–Crippen LogP) is 5.97. The molecule has 0 saturated heterocycles. The van der Waals surface area contributed by atoms with Crippen LogP contribution in [0.4, 0.5) is 14.5 Å². The standard InChI is InChI=1S/C19H21F2NOS/c1-4-18(24)22-16-10-14(19(20)21)6-7-15(16)11-23-17-8-5-12(2)9-13(17)3/h5-10,19H,4,11H2,1-3H3,(H,22,24). The molecular formula is C19H21F2NOS. The molecule has 0 aromatic heterocycles. The van der Waals surface area contributed by atoms with E-state index in [1.807, 2.05) is 39.0 Å². The van der Waals surface area contributed by atoms with Crippen LogP contribution in [0, 0.1) is 13.8 Å². The minimum atomic E-state index is -2.52. The van der Waals surface area contributed by atoms with Crippen molar-refractivity contribution in [3.63, 3.8) is 0 Å². The zero-order chi connectivity index (χ0) is 17.7. The lowest BCUT2D eigenvalue weighted by molar-refractivity contribution is 0.151. The number of nitrogens with one attached hydrogen (secondary N) is 1. The van der Waals surface area contributed by atoms with Crippen molar-refractivity contribution in [2.45, 2.75) is 40.2 Å². The molecule has 0 radical (unpaired) electrons. The fourth-order valence-electron chi connectivity index (χ4n) is 2.33. The Morgan fingerprint density at radius 3 is 2.54 bits per heavy atom. The Kier molecular flexibility index (Phi) is 6.26. The highest BCUT2D eigenvalue weighted by Gasteiger charge is 2.12. The zero-order valence-corrected chi connectivity index (χ0v) is 14.8. The van der Waals surface area contributed by atoms with Gasteiger partial charge >= 0.3 is 0 Å². The van der Waals surface area contributed by atoms with E-state index in [0.29, 0.717) is 17.1 Å². The molecule has 0 atom stereocenters. The molecule has 0 aliphatic carbocycles. The van der Waals surface area contributed by atoms with E-state index in [4.69, 9.17) is 17.0 Å². The largest absolute Gasteiger partial charge is 0.489 e. The third-order valence-electron chi connectivity index (χ3n) is 3.69. The fraction of sp³-hybridized carbons (Fsp3) is 0.316. The number of benzene rings is 2. The lowest BCUT2D eigenvalue weighted by Crippen LogP contribution is -2.11. The van der Waals surface area contributed by atoms with Crippen LogP contribution in [-0.2, 0) is 6.61 Å². The summed E-state index contributed by atoms with van der Waals surface area (Å²) in [7, 11) is 0. The summed E-state index contributed by atoms with van der Waals surface area (Å²) in [5, 5.41) is 3.03. The molecule has 0 saturated carbocycles. The summed E-state index contributed by atoms with van der Waals surface area (Å²) >= 11 is 5.18.